The number of hydrogen-bond donors (Lipinski definition) is 0. The number of benzene rings is 2. The Morgan fingerprint density at radius 3 is 2.57 bits per heavy atom. The number of methoxy groups -OCH3 is 1. The Morgan fingerprint density at radius 1 is 1.13 bits per heavy atom. The van der Waals surface area contributed by atoms with Crippen molar-refractivity contribution in [1.82, 2.24) is 0 Å². The van der Waals surface area contributed by atoms with Crippen molar-refractivity contribution in [2.24, 2.45) is 0 Å². The molecular weight excluding hydrogens is 336 g/mol. The number of hydrogen-bond acceptors (Lipinski definition) is 5. The number of Topliss-reactive ketones (excluding diaryl/α,β-unsaturated/α-hetero) is 1. The highest BCUT2D eigenvalue weighted by molar-refractivity contribution is 7.98. The number of halogens is 1. The van der Waals surface area contributed by atoms with E-state index >= 15 is 0 Å². The van der Waals surface area contributed by atoms with Crippen LogP contribution in [-0.4, -0.2) is 31.7 Å². The van der Waals surface area contributed by atoms with E-state index in [-0.39, 0.29) is 23.0 Å². The first kappa shape index (κ1) is 17.4. The highest BCUT2D eigenvalue weighted by Gasteiger charge is 2.17. The predicted molar refractivity (Wildman–Crippen MR) is 90.8 cm³/mol. The van der Waals surface area contributed by atoms with Crippen LogP contribution >= 0.6 is 23.4 Å². The Labute approximate surface area is 143 Å². The number of carbonyl (C=O) groups excluding carboxylic acids is 2. The van der Waals surface area contributed by atoms with Gasteiger partial charge in [-0.1, -0.05) is 23.7 Å². The summed E-state index contributed by atoms with van der Waals surface area (Å²) in [5.74, 6) is -0.530. The molecule has 2 aromatic carbocycles. The number of para-hydroxylation sites is 1. The fraction of sp³-hybridized carbons (Fsp3) is 0.176. The summed E-state index contributed by atoms with van der Waals surface area (Å²) >= 11 is 7.50. The summed E-state index contributed by atoms with van der Waals surface area (Å²) < 4.78 is 10.2. The van der Waals surface area contributed by atoms with Crippen LogP contribution in [0.25, 0.3) is 0 Å². The Balaban J connectivity index is 2.08. The second kappa shape index (κ2) is 8.04. The molecule has 0 aliphatic heterocycles. The molecule has 0 fully saturated rings. The topological polar surface area (TPSA) is 52.6 Å². The summed E-state index contributed by atoms with van der Waals surface area (Å²) in [4.78, 5) is 25.2. The molecule has 0 spiro atoms. The molecule has 120 valence electrons. The van der Waals surface area contributed by atoms with E-state index in [4.69, 9.17) is 21.1 Å². The molecule has 6 heteroatoms. The molecule has 0 N–H and O–H groups in total. The van der Waals surface area contributed by atoms with E-state index in [9.17, 15) is 9.59 Å². The Bertz CT molecular complexity index is 730. The summed E-state index contributed by atoms with van der Waals surface area (Å²) in [6, 6.07) is 11.9. The number of esters is 1. The zero-order valence-corrected chi connectivity index (χ0v) is 14.2. The SMILES string of the molecule is COc1ccccc1C(=O)COC(=O)c1cc(SC)ccc1Cl. The first-order valence-electron chi connectivity index (χ1n) is 6.73. The average molecular weight is 351 g/mol. The molecule has 0 saturated heterocycles. The molecule has 2 rings (SSSR count). The van der Waals surface area contributed by atoms with E-state index in [2.05, 4.69) is 0 Å². The highest BCUT2D eigenvalue weighted by atomic mass is 35.5. The number of thioether (sulfide) groups is 1. The second-order valence-corrected chi connectivity index (χ2v) is 5.83. The van der Waals surface area contributed by atoms with Gasteiger partial charge < -0.3 is 9.47 Å². The van der Waals surface area contributed by atoms with Crippen molar-refractivity contribution < 1.29 is 19.1 Å². The van der Waals surface area contributed by atoms with Gasteiger partial charge in [0.1, 0.15) is 5.75 Å². The second-order valence-electron chi connectivity index (χ2n) is 4.55. The van der Waals surface area contributed by atoms with E-state index in [0.29, 0.717) is 11.3 Å². The van der Waals surface area contributed by atoms with Crippen LogP contribution in [0.3, 0.4) is 0 Å². The fourth-order valence-electron chi connectivity index (χ4n) is 1.95. The van der Waals surface area contributed by atoms with E-state index in [1.165, 1.54) is 18.9 Å². The smallest absolute Gasteiger partial charge is 0.340 e. The minimum Gasteiger partial charge on any atom is -0.496 e. The lowest BCUT2D eigenvalue weighted by Gasteiger charge is -2.09. The molecule has 0 saturated carbocycles. The minimum atomic E-state index is -0.630. The largest absolute Gasteiger partial charge is 0.496 e. The van der Waals surface area contributed by atoms with Crippen LogP contribution in [0.1, 0.15) is 20.7 Å². The zero-order chi connectivity index (χ0) is 16.8. The summed E-state index contributed by atoms with van der Waals surface area (Å²) in [5.41, 5.74) is 0.609. The van der Waals surface area contributed by atoms with Crippen molar-refractivity contribution in [3.05, 3.63) is 58.6 Å². The van der Waals surface area contributed by atoms with Crippen molar-refractivity contribution >= 4 is 35.1 Å². The van der Waals surface area contributed by atoms with E-state index in [0.717, 1.165) is 4.90 Å². The molecule has 0 unspecified atom stereocenters. The van der Waals surface area contributed by atoms with Crippen LogP contribution in [-0.2, 0) is 4.74 Å². The van der Waals surface area contributed by atoms with Gasteiger partial charge in [-0.25, -0.2) is 4.79 Å². The van der Waals surface area contributed by atoms with Gasteiger partial charge in [-0.05, 0) is 36.6 Å². The molecular formula is C17H15ClO4S. The average Bonchev–Trinajstić information content (AvgIpc) is 2.59. The zero-order valence-electron chi connectivity index (χ0n) is 12.7. The Morgan fingerprint density at radius 2 is 1.87 bits per heavy atom. The number of rotatable bonds is 6. The summed E-state index contributed by atoms with van der Waals surface area (Å²) in [5, 5.41) is 0.289. The molecule has 23 heavy (non-hydrogen) atoms. The van der Waals surface area contributed by atoms with Crippen LogP contribution < -0.4 is 4.74 Å². The lowest BCUT2D eigenvalue weighted by atomic mass is 10.1. The maximum absolute atomic E-state index is 12.2. The number of ketones is 1. The van der Waals surface area contributed by atoms with Gasteiger partial charge in [-0.15, -0.1) is 11.8 Å². The van der Waals surface area contributed by atoms with Gasteiger partial charge in [0.2, 0.25) is 5.78 Å². The lowest BCUT2D eigenvalue weighted by molar-refractivity contribution is 0.0474. The van der Waals surface area contributed by atoms with Gasteiger partial charge in [0.15, 0.2) is 6.61 Å². The molecule has 4 nitrogen and oxygen atoms in total. The maximum Gasteiger partial charge on any atom is 0.340 e. The standard InChI is InChI=1S/C17H15ClO4S/c1-21-16-6-4-3-5-12(16)15(19)10-22-17(20)13-9-11(23-2)7-8-14(13)18/h3-9H,10H2,1-2H3. The predicted octanol–water partition coefficient (Wildman–Crippen LogP) is 4.11. The third-order valence-electron chi connectivity index (χ3n) is 3.14. The number of carbonyl (C=O) groups is 2. The molecule has 0 bridgehead atoms. The van der Waals surface area contributed by atoms with Crippen LogP contribution in [0.5, 0.6) is 5.75 Å². The summed E-state index contributed by atoms with van der Waals surface area (Å²) in [7, 11) is 1.48. The van der Waals surface area contributed by atoms with Crippen molar-refractivity contribution in [3.8, 4) is 5.75 Å². The van der Waals surface area contributed by atoms with Gasteiger partial charge in [0.25, 0.3) is 0 Å². The van der Waals surface area contributed by atoms with Gasteiger partial charge in [0, 0.05) is 4.90 Å². The normalized spacial score (nSPS) is 10.2. The summed E-state index contributed by atoms with van der Waals surface area (Å²) in [6.45, 7) is -0.376. The molecule has 0 aromatic heterocycles. The quantitative estimate of drug-likeness (QED) is 0.446. The van der Waals surface area contributed by atoms with E-state index in [1.54, 1.807) is 36.4 Å². The molecule has 0 aliphatic rings. The molecule has 0 atom stereocenters. The Hall–Kier alpha value is -1.98. The third-order valence-corrected chi connectivity index (χ3v) is 4.19. The van der Waals surface area contributed by atoms with Crippen LogP contribution in [0, 0.1) is 0 Å². The van der Waals surface area contributed by atoms with E-state index < -0.39 is 5.97 Å². The van der Waals surface area contributed by atoms with Crippen molar-refractivity contribution in [1.29, 1.82) is 0 Å². The van der Waals surface area contributed by atoms with Crippen LogP contribution in [0.15, 0.2) is 47.4 Å². The maximum atomic E-state index is 12.2. The fourth-order valence-corrected chi connectivity index (χ4v) is 2.58. The molecule has 0 aliphatic carbocycles. The van der Waals surface area contributed by atoms with Crippen LogP contribution in [0.4, 0.5) is 0 Å². The van der Waals surface area contributed by atoms with Crippen LogP contribution in [0.2, 0.25) is 5.02 Å². The number of ether oxygens (including phenoxy) is 2. The molecule has 0 heterocycles. The monoisotopic (exact) mass is 350 g/mol. The highest BCUT2D eigenvalue weighted by Crippen LogP contribution is 2.24. The summed E-state index contributed by atoms with van der Waals surface area (Å²) in [6.07, 6.45) is 1.89. The molecule has 2 aromatic rings. The van der Waals surface area contributed by atoms with Crippen molar-refractivity contribution in [3.63, 3.8) is 0 Å². The Kier molecular flexibility index (Phi) is 6.07. The molecule has 0 radical (unpaired) electrons. The van der Waals surface area contributed by atoms with Gasteiger partial charge in [-0.2, -0.15) is 0 Å². The van der Waals surface area contributed by atoms with Gasteiger partial charge in [0.05, 0.1) is 23.3 Å². The van der Waals surface area contributed by atoms with Crippen molar-refractivity contribution in [2.45, 2.75) is 4.90 Å². The lowest BCUT2D eigenvalue weighted by Crippen LogP contribution is -2.15. The van der Waals surface area contributed by atoms with Gasteiger partial charge in [-0.3, -0.25) is 4.79 Å². The van der Waals surface area contributed by atoms with Gasteiger partial charge >= 0.3 is 5.97 Å². The van der Waals surface area contributed by atoms with E-state index in [1.807, 2.05) is 12.3 Å². The first-order chi connectivity index (χ1) is 11.1. The van der Waals surface area contributed by atoms with Crippen molar-refractivity contribution in [2.75, 3.05) is 20.0 Å². The molecule has 0 amide bonds. The first-order valence-corrected chi connectivity index (χ1v) is 8.34. The third kappa shape index (κ3) is 4.27. The minimum absolute atomic E-state index is 0.242.